The predicted octanol–water partition coefficient (Wildman–Crippen LogP) is 2.53. The van der Waals surface area contributed by atoms with Crippen LogP contribution in [0.1, 0.15) is 5.56 Å². The maximum atomic E-state index is 11.4. The number of carbonyl (C=O) groups is 1. The van der Waals surface area contributed by atoms with Gasteiger partial charge in [0.2, 0.25) is 10.0 Å². The first kappa shape index (κ1) is 16.2. The summed E-state index contributed by atoms with van der Waals surface area (Å²) in [5.74, 6) is 0. The van der Waals surface area contributed by atoms with Crippen LogP contribution in [0.2, 0.25) is 0 Å². The van der Waals surface area contributed by atoms with Gasteiger partial charge in [-0.2, -0.15) is 0 Å². The van der Waals surface area contributed by atoms with Gasteiger partial charge in [0.1, 0.15) is 6.29 Å². The van der Waals surface area contributed by atoms with Crippen LogP contribution in [0.25, 0.3) is 16.9 Å². The van der Waals surface area contributed by atoms with E-state index in [1.54, 1.807) is 12.1 Å². The molecule has 1 heterocycles. The normalized spacial score (nSPS) is 11.4. The number of benzene rings is 2. The van der Waals surface area contributed by atoms with Gasteiger partial charge in [0.05, 0.1) is 10.6 Å². The van der Waals surface area contributed by atoms with Crippen LogP contribution in [-0.2, 0) is 21.2 Å². The molecule has 0 saturated heterocycles. The Labute approximate surface area is 140 Å². The van der Waals surface area contributed by atoms with Crippen LogP contribution in [-0.4, -0.2) is 19.3 Å². The molecule has 0 bridgehead atoms. The fourth-order valence-corrected chi connectivity index (χ4v) is 3.06. The number of sulfonamides is 1. The zero-order valence-electron chi connectivity index (χ0n) is 12.8. The molecule has 122 valence electrons. The van der Waals surface area contributed by atoms with Gasteiger partial charge in [0.25, 0.3) is 0 Å². The van der Waals surface area contributed by atoms with E-state index < -0.39 is 10.0 Å². The summed E-state index contributed by atoms with van der Waals surface area (Å²) in [7, 11) is -3.70. The lowest BCUT2D eigenvalue weighted by atomic mass is 10.1. The second-order valence-corrected chi connectivity index (χ2v) is 6.93. The molecule has 0 amide bonds. The highest BCUT2D eigenvalue weighted by Gasteiger charge is 2.10. The average molecular weight is 340 g/mol. The van der Waals surface area contributed by atoms with Crippen LogP contribution in [0.5, 0.6) is 0 Å². The molecule has 3 rings (SSSR count). The molecule has 2 N–H and O–H groups in total. The van der Waals surface area contributed by atoms with Gasteiger partial charge < -0.3 is 9.36 Å². The lowest BCUT2D eigenvalue weighted by Crippen LogP contribution is -2.11. The van der Waals surface area contributed by atoms with Crippen molar-refractivity contribution in [2.45, 2.75) is 11.3 Å². The van der Waals surface area contributed by atoms with Crippen molar-refractivity contribution in [2.75, 3.05) is 0 Å². The Morgan fingerprint density at radius 2 is 1.62 bits per heavy atom. The molecule has 5 nitrogen and oxygen atoms in total. The van der Waals surface area contributed by atoms with Crippen LogP contribution in [0.15, 0.2) is 71.8 Å². The molecule has 0 saturated carbocycles. The Kier molecular flexibility index (Phi) is 4.33. The first-order valence-corrected chi connectivity index (χ1v) is 8.87. The van der Waals surface area contributed by atoms with Gasteiger partial charge in [-0.15, -0.1) is 0 Å². The summed E-state index contributed by atoms with van der Waals surface area (Å²) in [6.45, 7) is 0. The van der Waals surface area contributed by atoms with Crippen LogP contribution >= 0.6 is 0 Å². The average Bonchev–Trinajstić information content (AvgIpc) is 3.05. The quantitative estimate of drug-likeness (QED) is 0.725. The first-order valence-electron chi connectivity index (χ1n) is 7.32. The Morgan fingerprint density at radius 3 is 2.21 bits per heavy atom. The second kappa shape index (κ2) is 6.43. The highest BCUT2D eigenvalue weighted by atomic mass is 32.2. The van der Waals surface area contributed by atoms with Crippen molar-refractivity contribution in [1.82, 2.24) is 4.57 Å². The molecule has 0 aliphatic carbocycles. The van der Waals surface area contributed by atoms with Crippen molar-refractivity contribution in [3.8, 4) is 16.9 Å². The van der Waals surface area contributed by atoms with Crippen molar-refractivity contribution in [1.29, 1.82) is 0 Å². The van der Waals surface area contributed by atoms with E-state index in [1.807, 2.05) is 47.2 Å². The predicted molar refractivity (Wildman–Crippen MR) is 92.3 cm³/mol. The molecule has 6 heteroatoms. The van der Waals surface area contributed by atoms with Crippen molar-refractivity contribution >= 4 is 16.3 Å². The summed E-state index contributed by atoms with van der Waals surface area (Å²) >= 11 is 0. The van der Waals surface area contributed by atoms with E-state index in [9.17, 15) is 13.2 Å². The Bertz CT molecular complexity index is 956. The minimum Gasteiger partial charge on any atom is -0.317 e. The SMILES string of the molecule is NS(=O)(=O)c1ccc(-c2cccn2-c2ccc(CC=O)cc2)cc1. The van der Waals surface area contributed by atoms with E-state index >= 15 is 0 Å². The van der Waals surface area contributed by atoms with E-state index in [0.717, 1.165) is 28.8 Å². The van der Waals surface area contributed by atoms with Crippen LogP contribution in [0, 0.1) is 0 Å². The van der Waals surface area contributed by atoms with E-state index in [1.165, 1.54) is 12.1 Å². The first-order chi connectivity index (χ1) is 11.5. The molecule has 0 aliphatic rings. The number of nitrogens with two attached hydrogens (primary N) is 1. The highest BCUT2D eigenvalue weighted by Crippen LogP contribution is 2.25. The summed E-state index contributed by atoms with van der Waals surface area (Å²) in [6, 6.07) is 18.0. The Hall–Kier alpha value is -2.70. The maximum absolute atomic E-state index is 11.4. The zero-order chi connectivity index (χ0) is 17.2. The summed E-state index contributed by atoms with van der Waals surface area (Å²) in [4.78, 5) is 10.7. The Morgan fingerprint density at radius 1 is 0.958 bits per heavy atom. The molecule has 3 aromatic rings. The summed E-state index contributed by atoms with van der Waals surface area (Å²) in [6.07, 6.45) is 3.20. The van der Waals surface area contributed by atoms with Gasteiger partial charge in [0.15, 0.2) is 0 Å². The van der Waals surface area contributed by atoms with Gasteiger partial charge in [0, 0.05) is 18.3 Å². The molecule has 0 unspecified atom stereocenters. The third-order valence-electron chi connectivity index (χ3n) is 3.76. The van der Waals surface area contributed by atoms with Crippen molar-refractivity contribution in [3.05, 3.63) is 72.4 Å². The molecular formula is C18H16N2O3S. The third-order valence-corrected chi connectivity index (χ3v) is 4.69. The van der Waals surface area contributed by atoms with Gasteiger partial charge in [-0.05, 0) is 47.5 Å². The van der Waals surface area contributed by atoms with Crippen LogP contribution in [0.4, 0.5) is 0 Å². The van der Waals surface area contributed by atoms with E-state index in [-0.39, 0.29) is 4.90 Å². The standard InChI is InChI=1S/C18H16N2O3S/c19-24(22,23)17-9-5-15(6-10-17)18-2-1-12-20(18)16-7-3-14(4-8-16)11-13-21/h1-10,12-13H,11H2,(H2,19,22,23). The van der Waals surface area contributed by atoms with Gasteiger partial charge in [-0.25, -0.2) is 13.6 Å². The smallest absolute Gasteiger partial charge is 0.238 e. The summed E-state index contributed by atoms with van der Waals surface area (Å²) in [5.41, 5.74) is 3.73. The minimum atomic E-state index is -3.70. The molecule has 24 heavy (non-hydrogen) atoms. The highest BCUT2D eigenvalue weighted by molar-refractivity contribution is 7.89. The second-order valence-electron chi connectivity index (χ2n) is 5.37. The fourth-order valence-electron chi connectivity index (χ4n) is 2.55. The largest absolute Gasteiger partial charge is 0.317 e. The Balaban J connectivity index is 1.97. The molecule has 0 aliphatic heterocycles. The molecule has 0 radical (unpaired) electrons. The van der Waals surface area contributed by atoms with Gasteiger partial charge >= 0.3 is 0 Å². The van der Waals surface area contributed by atoms with Crippen LogP contribution < -0.4 is 5.14 Å². The zero-order valence-corrected chi connectivity index (χ0v) is 13.6. The van der Waals surface area contributed by atoms with Crippen molar-refractivity contribution in [2.24, 2.45) is 5.14 Å². The van der Waals surface area contributed by atoms with E-state index in [2.05, 4.69) is 0 Å². The molecule has 1 aromatic heterocycles. The monoisotopic (exact) mass is 340 g/mol. The number of aldehydes is 1. The van der Waals surface area contributed by atoms with E-state index in [4.69, 9.17) is 5.14 Å². The van der Waals surface area contributed by atoms with E-state index in [0.29, 0.717) is 6.42 Å². The molecule has 0 atom stereocenters. The number of aromatic nitrogens is 1. The number of carbonyl (C=O) groups excluding carboxylic acids is 1. The number of rotatable bonds is 5. The third kappa shape index (κ3) is 3.29. The van der Waals surface area contributed by atoms with Gasteiger partial charge in [-0.1, -0.05) is 24.3 Å². The van der Waals surface area contributed by atoms with Crippen LogP contribution in [0.3, 0.4) is 0 Å². The fraction of sp³-hybridized carbons (Fsp3) is 0.0556. The van der Waals surface area contributed by atoms with Gasteiger partial charge in [-0.3, -0.25) is 0 Å². The topological polar surface area (TPSA) is 82.2 Å². The summed E-state index contributed by atoms with van der Waals surface area (Å²) < 4.78 is 24.7. The number of hydrogen-bond donors (Lipinski definition) is 1. The lowest BCUT2D eigenvalue weighted by Gasteiger charge is -2.10. The molecular weight excluding hydrogens is 324 g/mol. The number of primary sulfonamides is 1. The molecule has 0 spiro atoms. The number of nitrogens with zero attached hydrogens (tertiary/aromatic N) is 1. The maximum Gasteiger partial charge on any atom is 0.238 e. The minimum absolute atomic E-state index is 0.0857. The molecule has 2 aromatic carbocycles. The van der Waals surface area contributed by atoms with Crippen molar-refractivity contribution < 1.29 is 13.2 Å². The summed E-state index contributed by atoms with van der Waals surface area (Å²) in [5, 5.41) is 5.13. The van der Waals surface area contributed by atoms with Crippen molar-refractivity contribution in [3.63, 3.8) is 0 Å². The molecule has 0 fully saturated rings. The lowest BCUT2D eigenvalue weighted by molar-refractivity contribution is -0.107. The number of hydrogen-bond acceptors (Lipinski definition) is 3.